The van der Waals surface area contributed by atoms with Crippen LogP contribution >= 0.6 is 0 Å². The smallest absolute Gasteiger partial charge is 0.348 e. The number of alkyl halides is 2. The Labute approximate surface area is 237 Å². The van der Waals surface area contributed by atoms with E-state index in [0.29, 0.717) is 30.2 Å². The molecular weight excluding hydrogens is 510 g/mol. The average molecular weight is 553 g/mol. The zero-order valence-electron chi connectivity index (χ0n) is 24.0. The Bertz CT molecular complexity index is 1150. The van der Waals surface area contributed by atoms with E-state index in [4.69, 9.17) is 9.47 Å². The van der Waals surface area contributed by atoms with Crippen molar-refractivity contribution in [2.75, 3.05) is 6.61 Å². The second-order valence-electron chi connectivity index (χ2n) is 10.5. The molecule has 5 nitrogen and oxygen atoms in total. The van der Waals surface area contributed by atoms with E-state index in [1.807, 2.05) is 19.1 Å². The summed E-state index contributed by atoms with van der Waals surface area (Å²) >= 11 is 0. The van der Waals surface area contributed by atoms with Gasteiger partial charge in [0, 0.05) is 23.5 Å². The predicted molar refractivity (Wildman–Crippen MR) is 156 cm³/mol. The monoisotopic (exact) mass is 552 g/mol. The Balaban J connectivity index is 1.51. The topological polar surface area (TPSA) is 61.3 Å². The molecule has 7 heteroatoms. The molecule has 0 aliphatic heterocycles. The molecule has 2 aromatic carbocycles. The van der Waals surface area contributed by atoms with Gasteiger partial charge in [-0.05, 0) is 68.1 Å². The molecule has 3 aromatic rings. The second kappa shape index (κ2) is 16.0. The third-order valence-electron chi connectivity index (χ3n) is 6.89. The van der Waals surface area contributed by atoms with E-state index in [9.17, 15) is 13.6 Å². The zero-order chi connectivity index (χ0) is 28.8. The van der Waals surface area contributed by atoms with Crippen LogP contribution in [0.4, 0.5) is 8.78 Å². The summed E-state index contributed by atoms with van der Waals surface area (Å²) in [7, 11) is 0. The highest BCUT2D eigenvalue weighted by Gasteiger charge is 2.34. The lowest BCUT2D eigenvalue weighted by atomic mass is 9.99. The lowest BCUT2D eigenvalue weighted by Gasteiger charge is -2.18. The number of unbranched alkanes of at least 4 members (excludes halogenated alkanes) is 6. The molecule has 2 atom stereocenters. The highest BCUT2D eigenvalue weighted by atomic mass is 19.1. The van der Waals surface area contributed by atoms with Crippen molar-refractivity contribution in [1.82, 2.24) is 9.97 Å². The molecule has 216 valence electrons. The van der Waals surface area contributed by atoms with Crippen LogP contribution in [0.15, 0.2) is 60.9 Å². The van der Waals surface area contributed by atoms with Crippen molar-refractivity contribution in [3.63, 3.8) is 0 Å². The first-order valence-electron chi connectivity index (χ1n) is 14.5. The van der Waals surface area contributed by atoms with Crippen LogP contribution in [0.1, 0.15) is 85.0 Å². The van der Waals surface area contributed by atoms with Crippen LogP contribution in [0, 0.1) is 0 Å². The lowest BCUT2D eigenvalue weighted by Crippen LogP contribution is -2.34. The molecule has 0 N–H and O–H groups in total. The average Bonchev–Trinajstić information content (AvgIpc) is 2.97. The van der Waals surface area contributed by atoms with Crippen LogP contribution < -0.4 is 9.47 Å². The molecule has 0 aliphatic rings. The number of halogens is 2. The number of ether oxygens (including phenoxy) is 2. The van der Waals surface area contributed by atoms with Gasteiger partial charge in [0.1, 0.15) is 24.3 Å². The van der Waals surface area contributed by atoms with Crippen molar-refractivity contribution in [3.05, 3.63) is 60.9 Å². The fraction of sp³-hybridized carbons (Fsp3) is 0.485. The van der Waals surface area contributed by atoms with E-state index >= 15 is 0 Å². The van der Waals surface area contributed by atoms with E-state index < -0.39 is 17.8 Å². The van der Waals surface area contributed by atoms with Crippen LogP contribution in [0.25, 0.3) is 22.5 Å². The maximum absolute atomic E-state index is 14.9. The van der Waals surface area contributed by atoms with Crippen LogP contribution in [0.3, 0.4) is 0 Å². The first kappa shape index (κ1) is 31.2. The molecule has 0 aliphatic carbocycles. The third-order valence-corrected chi connectivity index (χ3v) is 6.89. The Morgan fingerprint density at radius 3 is 2.02 bits per heavy atom. The van der Waals surface area contributed by atoms with Crippen LogP contribution in [-0.2, 0) is 4.79 Å². The maximum Gasteiger partial charge on any atom is 0.348 e. The van der Waals surface area contributed by atoms with Crippen molar-refractivity contribution >= 4 is 5.97 Å². The van der Waals surface area contributed by atoms with Gasteiger partial charge in [-0.25, -0.2) is 23.5 Å². The largest absolute Gasteiger partial charge is 0.491 e. The summed E-state index contributed by atoms with van der Waals surface area (Å²) in [4.78, 5) is 21.4. The number of hydrogen-bond acceptors (Lipinski definition) is 5. The second-order valence-corrected chi connectivity index (χ2v) is 10.5. The van der Waals surface area contributed by atoms with Crippen LogP contribution in [-0.4, -0.2) is 34.4 Å². The summed E-state index contributed by atoms with van der Waals surface area (Å²) in [5.41, 5.74) is 0.441. The number of rotatable bonds is 17. The number of carbonyl (C=O) groups excluding carboxylic acids is 1. The molecule has 0 fully saturated rings. The summed E-state index contributed by atoms with van der Waals surface area (Å²) in [6.07, 6.45) is 11.1. The summed E-state index contributed by atoms with van der Waals surface area (Å²) in [6, 6.07) is 14.1. The van der Waals surface area contributed by atoms with Gasteiger partial charge in [-0.15, -0.1) is 0 Å². The van der Waals surface area contributed by atoms with E-state index in [1.54, 1.807) is 48.8 Å². The Kier molecular flexibility index (Phi) is 12.5. The minimum absolute atomic E-state index is 0.0504. The van der Waals surface area contributed by atoms with E-state index in [1.165, 1.54) is 19.8 Å². The third kappa shape index (κ3) is 10.00. The number of nitrogens with zero attached hydrogens (tertiary/aromatic N) is 2. The minimum atomic E-state index is -2.01. The van der Waals surface area contributed by atoms with Gasteiger partial charge in [-0.1, -0.05) is 70.9 Å². The number of hydrogen-bond donors (Lipinski definition) is 0. The standard InChI is InChI=1S/C33H42F2N2O3/c1-4-6-8-9-10-11-21-33(3,35)32(38)40-30-19-13-25(14-20-30)27-22-36-31(37-23-27)26-15-17-29(18-16-26)39-24-28(34)12-7-5-2/h13-20,22-23,28H,4-12,21,24H2,1-3H3/t28-,33-/m1/s1. The van der Waals surface area contributed by atoms with Gasteiger partial charge in [0.05, 0.1) is 0 Å². The lowest BCUT2D eigenvalue weighted by molar-refractivity contribution is -0.147. The van der Waals surface area contributed by atoms with Gasteiger partial charge in [-0.3, -0.25) is 0 Å². The Morgan fingerprint density at radius 1 is 0.800 bits per heavy atom. The van der Waals surface area contributed by atoms with Gasteiger partial charge < -0.3 is 9.47 Å². The van der Waals surface area contributed by atoms with Gasteiger partial charge in [0.2, 0.25) is 5.67 Å². The van der Waals surface area contributed by atoms with Gasteiger partial charge in [-0.2, -0.15) is 0 Å². The summed E-state index contributed by atoms with van der Waals surface area (Å²) in [6.45, 7) is 5.54. The number of benzene rings is 2. The highest BCUT2D eigenvalue weighted by molar-refractivity contribution is 5.81. The molecule has 0 spiro atoms. The first-order valence-corrected chi connectivity index (χ1v) is 14.5. The fourth-order valence-electron chi connectivity index (χ4n) is 4.29. The SMILES string of the molecule is CCCCCCCC[C@@](C)(F)C(=O)Oc1ccc(-c2cnc(-c3ccc(OC[C@H](F)CCCC)cc3)nc2)cc1. The minimum Gasteiger partial charge on any atom is -0.491 e. The molecule has 1 aromatic heterocycles. The molecule has 0 radical (unpaired) electrons. The maximum atomic E-state index is 14.9. The Morgan fingerprint density at radius 2 is 1.38 bits per heavy atom. The van der Waals surface area contributed by atoms with Crippen molar-refractivity contribution in [3.8, 4) is 34.0 Å². The Hall–Kier alpha value is -3.35. The molecule has 0 saturated heterocycles. The van der Waals surface area contributed by atoms with Gasteiger partial charge >= 0.3 is 5.97 Å². The van der Waals surface area contributed by atoms with Crippen molar-refractivity contribution in [1.29, 1.82) is 0 Å². The molecule has 0 amide bonds. The molecule has 40 heavy (non-hydrogen) atoms. The predicted octanol–water partition coefficient (Wildman–Crippen LogP) is 9.10. The zero-order valence-corrected chi connectivity index (χ0v) is 24.0. The quantitative estimate of drug-likeness (QED) is 0.0949. The molecule has 0 unspecified atom stereocenters. The van der Waals surface area contributed by atoms with Crippen molar-refractivity contribution in [2.45, 2.75) is 96.8 Å². The van der Waals surface area contributed by atoms with E-state index in [0.717, 1.165) is 48.8 Å². The highest BCUT2D eigenvalue weighted by Crippen LogP contribution is 2.27. The van der Waals surface area contributed by atoms with E-state index in [-0.39, 0.29) is 13.0 Å². The molecule has 1 heterocycles. The van der Waals surface area contributed by atoms with E-state index in [2.05, 4.69) is 16.9 Å². The molecule has 3 rings (SSSR count). The number of aromatic nitrogens is 2. The molecule has 0 bridgehead atoms. The summed E-state index contributed by atoms with van der Waals surface area (Å²) < 4.78 is 39.6. The van der Waals surface area contributed by atoms with Crippen molar-refractivity contribution < 1.29 is 23.0 Å². The number of carbonyl (C=O) groups is 1. The van der Waals surface area contributed by atoms with Crippen LogP contribution in [0.5, 0.6) is 11.5 Å². The van der Waals surface area contributed by atoms with Crippen LogP contribution in [0.2, 0.25) is 0 Å². The van der Waals surface area contributed by atoms with Gasteiger partial charge in [0.25, 0.3) is 0 Å². The fourth-order valence-corrected chi connectivity index (χ4v) is 4.29. The molecule has 0 saturated carbocycles. The molecular formula is C33H42F2N2O3. The normalized spacial score (nSPS) is 13.4. The first-order chi connectivity index (χ1) is 19.3. The summed E-state index contributed by atoms with van der Waals surface area (Å²) in [5.74, 6) is 0.597. The summed E-state index contributed by atoms with van der Waals surface area (Å²) in [5, 5.41) is 0. The number of esters is 1. The van der Waals surface area contributed by atoms with Gasteiger partial charge in [0.15, 0.2) is 5.82 Å². The van der Waals surface area contributed by atoms with Crippen molar-refractivity contribution in [2.24, 2.45) is 0 Å².